The number of nitrogens with two attached hydrogens (primary N) is 2. The van der Waals surface area contributed by atoms with E-state index in [1.165, 1.54) is 24.3 Å². The molecule has 8 nitrogen and oxygen atoms in total. The second kappa shape index (κ2) is 10.2. The van der Waals surface area contributed by atoms with E-state index >= 15 is 0 Å². The van der Waals surface area contributed by atoms with Gasteiger partial charge in [0.15, 0.2) is 0 Å². The summed E-state index contributed by atoms with van der Waals surface area (Å²) in [6.07, 6.45) is 4.78. The van der Waals surface area contributed by atoms with Crippen molar-refractivity contribution in [1.82, 2.24) is 0 Å². The molecule has 0 amide bonds. The first-order valence-electron chi connectivity index (χ1n) is 8.32. The number of nitrogen functional groups attached to an aromatic ring is 2. The largest absolute Gasteiger partial charge is 0.462 e. The van der Waals surface area contributed by atoms with Gasteiger partial charge in [-0.15, -0.1) is 5.26 Å². The van der Waals surface area contributed by atoms with E-state index in [1.807, 2.05) is 0 Å². The van der Waals surface area contributed by atoms with Crippen molar-refractivity contribution < 1.29 is 23.8 Å². The summed E-state index contributed by atoms with van der Waals surface area (Å²) in [5.74, 6) is -0.654. The number of nitriles is 1. The second-order valence-corrected chi connectivity index (χ2v) is 5.64. The number of rotatable bonds is 8. The molecule has 0 saturated heterocycles. The first-order chi connectivity index (χ1) is 13.5. The average Bonchev–Trinajstić information content (AvgIpc) is 2.66. The average molecular weight is 381 g/mol. The minimum atomic E-state index is -0.547. The number of ether oxygens (including phenoxy) is 3. The summed E-state index contributed by atoms with van der Waals surface area (Å²) in [7, 11) is 0. The first kappa shape index (κ1) is 20.3. The highest BCUT2D eigenvalue weighted by atomic mass is 16.5. The Morgan fingerprint density at radius 2 is 1.64 bits per heavy atom. The zero-order valence-corrected chi connectivity index (χ0v) is 15.0. The lowest BCUT2D eigenvalue weighted by atomic mass is 10.2. The molecule has 0 spiro atoms. The Balaban J connectivity index is 1.68. The molecule has 0 bridgehead atoms. The number of carbonyl (C=O) groups is 2. The summed E-state index contributed by atoms with van der Waals surface area (Å²) < 4.78 is 14.8. The van der Waals surface area contributed by atoms with Crippen LogP contribution in [0.5, 0.6) is 5.75 Å². The molecule has 0 aliphatic rings. The van der Waals surface area contributed by atoms with E-state index in [2.05, 4.69) is 4.74 Å². The molecule has 0 unspecified atom stereocenters. The van der Waals surface area contributed by atoms with E-state index in [0.717, 1.165) is 5.56 Å². The van der Waals surface area contributed by atoms with E-state index in [0.29, 0.717) is 23.5 Å². The fraction of sp³-hybridized carbons (Fsp3) is 0.150. The summed E-state index contributed by atoms with van der Waals surface area (Å²) in [5, 5.41) is 8.41. The molecule has 2 aromatic carbocycles. The maximum Gasteiger partial charge on any atom is 0.338 e. The molecule has 0 saturated carbocycles. The van der Waals surface area contributed by atoms with Crippen molar-refractivity contribution in [2.75, 3.05) is 24.7 Å². The van der Waals surface area contributed by atoms with Gasteiger partial charge >= 0.3 is 11.9 Å². The van der Waals surface area contributed by atoms with Gasteiger partial charge in [-0.2, -0.15) is 0 Å². The van der Waals surface area contributed by atoms with E-state index < -0.39 is 11.9 Å². The lowest BCUT2D eigenvalue weighted by molar-refractivity contribution is -0.137. The van der Waals surface area contributed by atoms with Crippen molar-refractivity contribution in [3.63, 3.8) is 0 Å². The van der Waals surface area contributed by atoms with Gasteiger partial charge in [0.2, 0.25) is 0 Å². The highest BCUT2D eigenvalue weighted by Crippen LogP contribution is 2.15. The van der Waals surface area contributed by atoms with E-state index in [4.69, 9.17) is 26.2 Å². The quantitative estimate of drug-likeness (QED) is 0.234. The molecule has 8 heteroatoms. The third-order valence-electron chi connectivity index (χ3n) is 3.43. The number of benzene rings is 2. The van der Waals surface area contributed by atoms with E-state index in [9.17, 15) is 9.59 Å². The Kier molecular flexibility index (Phi) is 7.43. The highest BCUT2D eigenvalue weighted by Gasteiger charge is 2.08. The van der Waals surface area contributed by atoms with Crippen molar-refractivity contribution in [1.29, 1.82) is 5.26 Å². The van der Waals surface area contributed by atoms with Crippen molar-refractivity contribution in [2.45, 2.75) is 6.42 Å². The van der Waals surface area contributed by atoms with Crippen LogP contribution in [0.3, 0.4) is 0 Å². The molecular weight excluding hydrogens is 362 g/mol. The lowest BCUT2D eigenvalue weighted by Gasteiger charge is -2.06. The monoisotopic (exact) mass is 381 g/mol. The van der Waals surface area contributed by atoms with Gasteiger partial charge in [0.1, 0.15) is 5.75 Å². The summed E-state index contributed by atoms with van der Waals surface area (Å²) >= 11 is 0. The summed E-state index contributed by atoms with van der Waals surface area (Å²) in [6, 6.07) is 11.1. The van der Waals surface area contributed by atoms with Gasteiger partial charge in [0.05, 0.1) is 18.8 Å². The lowest BCUT2D eigenvalue weighted by Crippen LogP contribution is -2.10. The Labute approximate surface area is 161 Å². The number of hydrogen-bond acceptors (Lipinski definition) is 8. The van der Waals surface area contributed by atoms with Crippen LogP contribution in [0.1, 0.15) is 22.3 Å². The van der Waals surface area contributed by atoms with Crippen LogP contribution in [-0.2, 0) is 14.3 Å². The van der Waals surface area contributed by atoms with E-state index in [-0.39, 0.29) is 18.8 Å². The third kappa shape index (κ3) is 6.72. The molecule has 0 heterocycles. The predicted molar refractivity (Wildman–Crippen MR) is 103 cm³/mol. The number of hydrogen-bond donors (Lipinski definition) is 2. The minimum Gasteiger partial charge on any atom is -0.462 e. The number of nitrogens with zero attached hydrogens (tertiary/aromatic N) is 1. The van der Waals surface area contributed by atoms with Crippen LogP contribution in [0.15, 0.2) is 48.5 Å². The fourth-order valence-corrected chi connectivity index (χ4v) is 2.19. The van der Waals surface area contributed by atoms with Gasteiger partial charge in [-0.1, -0.05) is 12.1 Å². The molecular formula is C20H19N3O5. The second-order valence-electron chi connectivity index (χ2n) is 5.64. The molecule has 0 aliphatic heterocycles. The normalized spacial score (nSPS) is 10.2. The Bertz CT molecular complexity index is 881. The van der Waals surface area contributed by atoms with Crippen molar-refractivity contribution in [3.05, 3.63) is 59.7 Å². The highest BCUT2D eigenvalue weighted by molar-refractivity contribution is 5.91. The maximum atomic E-state index is 11.9. The minimum absolute atomic E-state index is 0.0882. The van der Waals surface area contributed by atoms with Crippen LogP contribution in [0.25, 0.3) is 6.08 Å². The Morgan fingerprint density at radius 1 is 1.00 bits per heavy atom. The third-order valence-corrected chi connectivity index (χ3v) is 3.43. The molecule has 0 atom stereocenters. The topological polar surface area (TPSA) is 138 Å². The van der Waals surface area contributed by atoms with Gasteiger partial charge in [-0.05, 0) is 42.0 Å². The van der Waals surface area contributed by atoms with Gasteiger partial charge in [-0.3, -0.25) is 0 Å². The SMILES string of the molecule is N#COc1ccc(/C=C/C(=O)OCCCOC(=O)c2cc(N)cc(N)c2)cc1. The molecule has 0 aromatic heterocycles. The zero-order chi connectivity index (χ0) is 20.4. The molecule has 144 valence electrons. The van der Waals surface area contributed by atoms with Crippen LogP contribution < -0.4 is 16.2 Å². The number of esters is 2. The van der Waals surface area contributed by atoms with Gasteiger partial charge in [0, 0.05) is 23.9 Å². The standard InChI is InChI=1S/C20H19N3O5/c21-13-28-18-5-2-14(3-6-18)4-7-19(24)26-8-1-9-27-20(25)15-10-16(22)12-17(23)11-15/h2-7,10-12H,1,8-9,22-23H2/b7-4+. The van der Waals surface area contributed by atoms with Crippen LogP contribution in [-0.4, -0.2) is 25.2 Å². The molecule has 2 rings (SSSR count). The van der Waals surface area contributed by atoms with Crippen LogP contribution in [0, 0.1) is 11.5 Å². The number of carbonyl (C=O) groups excluding carboxylic acids is 2. The fourth-order valence-electron chi connectivity index (χ4n) is 2.19. The van der Waals surface area contributed by atoms with Crippen LogP contribution in [0.2, 0.25) is 0 Å². The molecule has 0 radical (unpaired) electrons. The summed E-state index contributed by atoms with van der Waals surface area (Å²) in [5.41, 5.74) is 13.0. The zero-order valence-electron chi connectivity index (χ0n) is 15.0. The molecule has 4 N–H and O–H groups in total. The Hall–Kier alpha value is -3.99. The molecule has 0 fully saturated rings. The predicted octanol–water partition coefficient (Wildman–Crippen LogP) is 2.51. The van der Waals surface area contributed by atoms with Crippen molar-refractivity contribution >= 4 is 29.4 Å². The Morgan fingerprint density at radius 3 is 2.29 bits per heavy atom. The van der Waals surface area contributed by atoms with Crippen LogP contribution in [0.4, 0.5) is 11.4 Å². The van der Waals surface area contributed by atoms with Crippen molar-refractivity contribution in [2.24, 2.45) is 0 Å². The molecule has 0 aliphatic carbocycles. The maximum absolute atomic E-state index is 11.9. The van der Waals surface area contributed by atoms with Gasteiger partial charge in [0.25, 0.3) is 6.26 Å². The summed E-state index contributed by atoms with van der Waals surface area (Å²) in [4.78, 5) is 23.6. The molecule has 2 aromatic rings. The van der Waals surface area contributed by atoms with Gasteiger partial charge in [-0.25, -0.2) is 9.59 Å². The molecule has 28 heavy (non-hydrogen) atoms. The van der Waals surface area contributed by atoms with Crippen molar-refractivity contribution in [3.8, 4) is 12.0 Å². The van der Waals surface area contributed by atoms with Crippen LogP contribution >= 0.6 is 0 Å². The smallest absolute Gasteiger partial charge is 0.338 e. The number of anilines is 2. The summed E-state index contributed by atoms with van der Waals surface area (Å²) in [6.45, 7) is 0.190. The first-order valence-corrected chi connectivity index (χ1v) is 8.32. The van der Waals surface area contributed by atoms with Gasteiger partial charge < -0.3 is 25.7 Å². The van der Waals surface area contributed by atoms with E-state index in [1.54, 1.807) is 36.6 Å².